The Balaban J connectivity index is 1.81. The highest BCUT2D eigenvalue weighted by atomic mass is 35.5. The van der Waals surface area contributed by atoms with Gasteiger partial charge in [-0.3, -0.25) is 0 Å². The van der Waals surface area contributed by atoms with Crippen LogP contribution in [-0.4, -0.2) is 6.54 Å². The maximum atomic E-state index is 5.92. The zero-order valence-corrected chi connectivity index (χ0v) is 11.1. The molecule has 2 rings (SSSR count). The van der Waals surface area contributed by atoms with Crippen molar-refractivity contribution in [2.45, 2.75) is 33.2 Å². The Morgan fingerprint density at radius 3 is 2.73 bits per heavy atom. The molecular formula is C12H18ClNS. The molecule has 0 radical (unpaired) electrons. The van der Waals surface area contributed by atoms with E-state index in [1.807, 2.05) is 6.07 Å². The van der Waals surface area contributed by atoms with Crippen molar-refractivity contribution in [1.82, 2.24) is 5.32 Å². The lowest BCUT2D eigenvalue weighted by molar-refractivity contribution is 0.488. The Bertz CT molecular complexity index is 345. The van der Waals surface area contributed by atoms with E-state index in [2.05, 4.69) is 32.2 Å². The van der Waals surface area contributed by atoms with Crippen LogP contribution in [-0.2, 0) is 0 Å². The third-order valence-electron chi connectivity index (χ3n) is 3.41. The summed E-state index contributed by atoms with van der Waals surface area (Å²) in [5.41, 5.74) is 0.569. The zero-order chi connectivity index (χ0) is 11.1. The van der Waals surface area contributed by atoms with Gasteiger partial charge in [-0.25, -0.2) is 0 Å². The van der Waals surface area contributed by atoms with Gasteiger partial charge < -0.3 is 5.32 Å². The van der Waals surface area contributed by atoms with Crippen LogP contribution >= 0.6 is 22.9 Å². The minimum absolute atomic E-state index is 0.430. The molecule has 2 atom stereocenters. The van der Waals surface area contributed by atoms with Gasteiger partial charge >= 0.3 is 0 Å². The topological polar surface area (TPSA) is 12.0 Å². The van der Waals surface area contributed by atoms with Gasteiger partial charge in [-0.2, -0.15) is 0 Å². The summed E-state index contributed by atoms with van der Waals surface area (Å²) in [5.74, 6) is 0.857. The molecule has 1 heterocycles. The first-order valence-electron chi connectivity index (χ1n) is 5.47. The van der Waals surface area contributed by atoms with Crippen molar-refractivity contribution in [1.29, 1.82) is 0 Å². The maximum absolute atomic E-state index is 5.92. The normalized spacial score (nSPS) is 25.2. The van der Waals surface area contributed by atoms with E-state index in [4.69, 9.17) is 11.6 Å². The van der Waals surface area contributed by atoms with Crippen molar-refractivity contribution >= 4 is 22.9 Å². The van der Waals surface area contributed by atoms with E-state index in [-0.39, 0.29) is 0 Å². The predicted molar refractivity (Wildman–Crippen MR) is 67.6 cm³/mol. The van der Waals surface area contributed by atoms with Gasteiger partial charge in [0.2, 0.25) is 0 Å². The van der Waals surface area contributed by atoms with Crippen LogP contribution in [0.3, 0.4) is 0 Å². The van der Waals surface area contributed by atoms with Crippen molar-refractivity contribution in [3.8, 4) is 0 Å². The van der Waals surface area contributed by atoms with Crippen LogP contribution in [0.2, 0.25) is 4.34 Å². The summed E-state index contributed by atoms with van der Waals surface area (Å²) in [6.07, 6.45) is 1.36. The summed E-state index contributed by atoms with van der Waals surface area (Å²) in [4.78, 5) is 1.33. The Labute approximate surface area is 101 Å². The molecule has 3 heteroatoms. The van der Waals surface area contributed by atoms with Crippen LogP contribution in [0, 0.1) is 11.3 Å². The first-order valence-corrected chi connectivity index (χ1v) is 6.67. The maximum Gasteiger partial charge on any atom is 0.0931 e. The summed E-state index contributed by atoms with van der Waals surface area (Å²) in [7, 11) is 0. The summed E-state index contributed by atoms with van der Waals surface area (Å²) in [5, 5.41) is 3.58. The number of nitrogens with one attached hydrogen (secondary N) is 1. The molecule has 15 heavy (non-hydrogen) atoms. The fourth-order valence-electron chi connectivity index (χ4n) is 1.91. The van der Waals surface area contributed by atoms with Crippen LogP contribution in [0.5, 0.6) is 0 Å². The molecule has 1 aromatic heterocycles. The molecule has 1 fully saturated rings. The van der Waals surface area contributed by atoms with Gasteiger partial charge in [0.15, 0.2) is 0 Å². The van der Waals surface area contributed by atoms with Crippen molar-refractivity contribution < 1.29 is 0 Å². The summed E-state index contributed by atoms with van der Waals surface area (Å²) in [6.45, 7) is 8.01. The molecular weight excluding hydrogens is 226 g/mol. The first-order chi connectivity index (χ1) is 6.99. The van der Waals surface area contributed by atoms with E-state index in [9.17, 15) is 0 Å². The van der Waals surface area contributed by atoms with Crippen LogP contribution in [0.25, 0.3) is 0 Å². The highest BCUT2D eigenvalue weighted by Crippen LogP contribution is 2.51. The third kappa shape index (κ3) is 2.74. The van der Waals surface area contributed by atoms with Gasteiger partial charge in [0.1, 0.15) is 0 Å². The minimum Gasteiger partial charge on any atom is -0.309 e. The SMILES string of the molecule is CC(NCC1CC1(C)C)c1ccc(Cl)s1. The van der Waals surface area contributed by atoms with Crippen molar-refractivity contribution in [2.24, 2.45) is 11.3 Å². The van der Waals surface area contributed by atoms with Crippen molar-refractivity contribution in [2.75, 3.05) is 6.54 Å². The fourth-order valence-corrected chi connectivity index (χ4v) is 2.99. The standard InChI is InChI=1S/C12H18ClNS/c1-8(10-4-5-11(13)15-10)14-7-9-6-12(9,2)3/h4-5,8-9,14H,6-7H2,1-3H3. The number of halogens is 1. The summed E-state index contributed by atoms with van der Waals surface area (Å²) < 4.78 is 0.880. The second kappa shape index (κ2) is 4.08. The molecule has 0 saturated heterocycles. The van der Waals surface area contributed by atoms with E-state index in [1.165, 1.54) is 11.3 Å². The number of thiophene rings is 1. The van der Waals surface area contributed by atoms with E-state index in [0.717, 1.165) is 16.8 Å². The quantitative estimate of drug-likeness (QED) is 0.840. The van der Waals surface area contributed by atoms with Gasteiger partial charge in [-0.1, -0.05) is 25.4 Å². The highest BCUT2D eigenvalue weighted by Gasteiger charge is 2.44. The number of hydrogen-bond donors (Lipinski definition) is 1. The molecule has 1 saturated carbocycles. The molecule has 1 aliphatic carbocycles. The molecule has 0 spiro atoms. The minimum atomic E-state index is 0.430. The van der Waals surface area contributed by atoms with Crippen molar-refractivity contribution in [3.63, 3.8) is 0 Å². The third-order valence-corrected chi connectivity index (χ3v) is 4.82. The molecule has 84 valence electrons. The molecule has 1 aromatic rings. The lowest BCUT2D eigenvalue weighted by Gasteiger charge is -2.12. The lowest BCUT2D eigenvalue weighted by atomic mass is 10.1. The summed E-state index contributed by atoms with van der Waals surface area (Å²) in [6, 6.07) is 4.52. The van der Waals surface area contributed by atoms with Gasteiger partial charge in [0, 0.05) is 10.9 Å². The van der Waals surface area contributed by atoms with E-state index >= 15 is 0 Å². The highest BCUT2D eigenvalue weighted by molar-refractivity contribution is 7.16. The van der Waals surface area contributed by atoms with Crippen LogP contribution in [0.1, 0.15) is 38.1 Å². The van der Waals surface area contributed by atoms with E-state index < -0.39 is 0 Å². The first kappa shape index (κ1) is 11.4. The number of rotatable bonds is 4. The van der Waals surface area contributed by atoms with Crippen LogP contribution < -0.4 is 5.32 Å². The number of hydrogen-bond acceptors (Lipinski definition) is 2. The largest absolute Gasteiger partial charge is 0.309 e. The molecule has 0 aromatic carbocycles. The Morgan fingerprint density at radius 2 is 2.27 bits per heavy atom. The average molecular weight is 244 g/mol. The average Bonchev–Trinajstić information content (AvgIpc) is 2.59. The fraction of sp³-hybridized carbons (Fsp3) is 0.667. The summed E-state index contributed by atoms with van der Waals surface area (Å²) >= 11 is 7.59. The van der Waals surface area contributed by atoms with Gasteiger partial charge in [0.05, 0.1) is 4.34 Å². The zero-order valence-electron chi connectivity index (χ0n) is 9.51. The monoisotopic (exact) mass is 243 g/mol. The van der Waals surface area contributed by atoms with Gasteiger partial charge in [-0.05, 0) is 43.4 Å². The molecule has 0 amide bonds. The molecule has 1 aliphatic rings. The Kier molecular flexibility index (Phi) is 3.11. The Hall–Kier alpha value is -0.0500. The van der Waals surface area contributed by atoms with Gasteiger partial charge in [-0.15, -0.1) is 11.3 Å². The van der Waals surface area contributed by atoms with Gasteiger partial charge in [0.25, 0.3) is 0 Å². The second-order valence-corrected chi connectivity index (χ2v) is 6.91. The second-order valence-electron chi connectivity index (χ2n) is 5.16. The van der Waals surface area contributed by atoms with E-state index in [0.29, 0.717) is 11.5 Å². The van der Waals surface area contributed by atoms with Crippen LogP contribution in [0.15, 0.2) is 12.1 Å². The molecule has 1 N–H and O–H groups in total. The van der Waals surface area contributed by atoms with Crippen LogP contribution in [0.4, 0.5) is 0 Å². The Morgan fingerprint density at radius 1 is 1.60 bits per heavy atom. The van der Waals surface area contributed by atoms with Crippen molar-refractivity contribution in [3.05, 3.63) is 21.3 Å². The predicted octanol–water partition coefficient (Wildman–Crippen LogP) is 4.10. The van der Waals surface area contributed by atoms with E-state index in [1.54, 1.807) is 11.3 Å². The lowest BCUT2D eigenvalue weighted by Crippen LogP contribution is -2.21. The smallest absolute Gasteiger partial charge is 0.0931 e. The molecule has 2 unspecified atom stereocenters. The molecule has 0 bridgehead atoms. The molecule has 1 nitrogen and oxygen atoms in total. The molecule has 0 aliphatic heterocycles.